The Hall–Kier alpha value is -4.73. The Morgan fingerprint density at radius 2 is 0.929 bits per heavy atom. The summed E-state index contributed by atoms with van der Waals surface area (Å²) in [5.74, 6) is -6.67. The summed E-state index contributed by atoms with van der Waals surface area (Å²) in [6.07, 6.45) is 0.527. The van der Waals surface area contributed by atoms with Crippen LogP contribution in [0.4, 0.5) is 21.0 Å². The first-order valence-corrected chi connectivity index (χ1v) is 19.4. The van der Waals surface area contributed by atoms with Crippen LogP contribution in [0.15, 0.2) is 60.7 Å². The fourth-order valence-electron chi connectivity index (χ4n) is 9.43. The monoisotopic (exact) mass is 795 g/mol. The molecule has 0 aliphatic heterocycles. The van der Waals surface area contributed by atoms with Gasteiger partial charge in [0, 0.05) is 36.3 Å². The fourth-order valence-corrected chi connectivity index (χ4v) is 9.43. The van der Waals surface area contributed by atoms with Crippen molar-refractivity contribution >= 4 is 59.6 Å². The van der Waals surface area contributed by atoms with Gasteiger partial charge in [-0.2, -0.15) is 0 Å². The molecule has 304 valence electrons. The topological polar surface area (TPSA) is 205 Å². The molecule has 0 aromatic heterocycles. The molecule has 6 rings (SSSR count). The summed E-state index contributed by atoms with van der Waals surface area (Å²) in [6.45, 7) is 2.23. The average molecular weight is 796 g/mol. The largest absolute Gasteiger partial charge is 0.446 e. The van der Waals surface area contributed by atoms with Gasteiger partial charge in [0.15, 0.2) is 0 Å². The second-order valence-electron chi connectivity index (χ2n) is 15.1. The number of benzene rings is 2. The van der Waals surface area contributed by atoms with Crippen molar-refractivity contribution in [1.29, 1.82) is 0 Å². The highest BCUT2D eigenvalue weighted by Gasteiger charge is 2.62. The normalized spacial score (nSPS) is 28.0. The minimum atomic E-state index is -0.947. The molecule has 4 bridgehead atoms. The summed E-state index contributed by atoms with van der Waals surface area (Å²) >= 11 is 0. The van der Waals surface area contributed by atoms with Gasteiger partial charge in [-0.25, -0.2) is 9.59 Å². The van der Waals surface area contributed by atoms with E-state index in [4.69, 9.17) is 9.47 Å². The summed E-state index contributed by atoms with van der Waals surface area (Å²) in [5.41, 5.74) is 1.11. The highest BCUT2D eigenvalue weighted by molar-refractivity contribution is 6.02. The van der Waals surface area contributed by atoms with E-state index in [1.807, 2.05) is 26.2 Å². The summed E-state index contributed by atoms with van der Waals surface area (Å²) in [7, 11) is 3.65. The Labute approximate surface area is 333 Å². The molecule has 0 spiro atoms. The number of amides is 6. The number of hydrogen-bond acceptors (Lipinski definition) is 10. The molecule has 2 aromatic rings. The number of hydrogen-bond donors (Lipinski definition) is 7. The third-order valence-corrected chi connectivity index (χ3v) is 11.7. The molecule has 10 unspecified atom stereocenters. The maximum Gasteiger partial charge on any atom is 0.411 e. The van der Waals surface area contributed by atoms with Crippen molar-refractivity contribution in [3.63, 3.8) is 0 Å². The van der Waals surface area contributed by atoms with E-state index in [1.165, 1.54) is 0 Å². The molecule has 0 heterocycles. The number of carbonyl (C=O) groups is 6. The van der Waals surface area contributed by atoms with Crippen LogP contribution in [-0.2, 0) is 28.7 Å². The standard InChI is InChI=1S/C40H53N7O8.ClH/c1-41-15-9-17-43-35(48)31-23-19-27(29(21-23)54-39(52)45-25-11-5-3-6-12-25)33(31)37(50)47-38(51)34-28-20-24(32(34)36(49)44-18-10-16-42-2)22-30(28)55-40(53)46-26-13-7-4-8-14-26;/h3-8,11-14,23-24,27-34,41-42H,9-10,15-22H2,1-2H3,(H,43,48)(H,44,49)(H,45,52)(H,46,53)(H,47,50,51);1H. The molecule has 2 aromatic carbocycles. The molecule has 4 saturated carbocycles. The number of imide groups is 1. The first-order valence-electron chi connectivity index (χ1n) is 19.4. The minimum absolute atomic E-state index is 0. The summed E-state index contributed by atoms with van der Waals surface area (Å²) in [4.78, 5) is 81.8. The third-order valence-electron chi connectivity index (χ3n) is 11.7. The molecule has 6 amide bonds. The fraction of sp³-hybridized carbons (Fsp3) is 0.550. The minimum Gasteiger partial charge on any atom is -0.446 e. The van der Waals surface area contributed by atoms with Gasteiger partial charge in [-0.3, -0.25) is 35.1 Å². The number of ether oxygens (including phenoxy) is 2. The van der Waals surface area contributed by atoms with Crippen molar-refractivity contribution in [3.05, 3.63) is 60.7 Å². The summed E-state index contributed by atoms with van der Waals surface area (Å²) in [6, 6.07) is 17.7. The molecule has 0 radical (unpaired) electrons. The zero-order chi connectivity index (χ0) is 38.9. The van der Waals surface area contributed by atoms with Gasteiger partial charge in [0.1, 0.15) is 12.2 Å². The van der Waals surface area contributed by atoms with E-state index in [2.05, 4.69) is 37.2 Å². The van der Waals surface area contributed by atoms with Crippen molar-refractivity contribution in [1.82, 2.24) is 26.6 Å². The van der Waals surface area contributed by atoms with Crippen molar-refractivity contribution in [2.75, 3.05) is 50.9 Å². The first kappa shape index (κ1) is 42.4. The second-order valence-corrected chi connectivity index (χ2v) is 15.1. The van der Waals surface area contributed by atoms with Crippen LogP contribution in [0.2, 0.25) is 0 Å². The van der Waals surface area contributed by atoms with Crippen LogP contribution in [0.25, 0.3) is 0 Å². The average Bonchev–Trinajstić information content (AvgIpc) is 3.95. The third kappa shape index (κ3) is 9.98. The number of rotatable bonds is 16. The van der Waals surface area contributed by atoms with Gasteiger partial charge >= 0.3 is 12.2 Å². The van der Waals surface area contributed by atoms with Crippen LogP contribution in [-0.4, -0.2) is 88.3 Å². The maximum atomic E-state index is 14.3. The lowest BCUT2D eigenvalue weighted by atomic mass is 9.75. The van der Waals surface area contributed by atoms with E-state index in [9.17, 15) is 28.8 Å². The lowest BCUT2D eigenvalue weighted by Gasteiger charge is -2.36. The van der Waals surface area contributed by atoms with Gasteiger partial charge in [-0.15, -0.1) is 12.4 Å². The number of halogens is 1. The number of fused-ring (bicyclic) bond motifs is 4. The molecular formula is C40H54ClN7O8. The predicted octanol–water partition coefficient (Wildman–Crippen LogP) is 3.28. The molecule has 4 fully saturated rings. The van der Waals surface area contributed by atoms with Gasteiger partial charge in [-0.1, -0.05) is 36.4 Å². The molecule has 16 heteroatoms. The maximum absolute atomic E-state index is 14.3. The number of para-hydroxylation sites is 2. The zero-order valence-electron chi connectivity index (χ0n) is 31.8. The molecular weight excluding hydrogens is 742 g/mol. The van der Waals surface area contributed by atoms with Crippen LogP contribution in [0, 0.1) is 47.3 Å². The van der Waals surface area contributed by atoms with Gasteiger partial charge in [0.25, 0.3) is 0 Å². The Morgan fingerprint density at radius 3 is 1.30 bits per heavy atom. The van der Waals surface area contributed by atoms with Crippen molar-refractivity contribution in [2.24, 2.45) is 47.3 Å². The van der Waals surface area contributed by atoms with Gasteiger partial charge in [0.05, 0.1) is 23.7 Å². The number of anilines is 2. The Morgan fingerprint density at radius 1 is 0.536 bits per heavy atom. The summed E-state index contributed by atoms with van der Waals surface area (Å²) in [5, 5.41) is 20.1. The Bertz CT molecular complexity index is 1570. The number of carbonyl (C=O) groups excluding carboxylic acids is 6. The quantitative estimate of drug-likeness (QED) is 0.0976. The molecule has 10 atom stereocenters. The number of nitrogens with one attached hydrogen (secondary N) is 7. The highest BCUT2D eigenvalue weighted by atomic mass is 35.5. The van der Waals surface area contributed by atoms with Gasteiger partial charge in [-0.05, 0) is 102 Å². The first-order chi connectivity index (χ1) is 26.7. The van der Waals surface area contributed by atoms with E-state index >= 15 is 0 Å². The molecule has 4 aliphatic carbocycles. The van der Waals surface area contributed by atoms with Crippen LogP contribution < -0.4 is 37.2 Å². The molecule has 0 saturated heterocycles. The predicted molar refractivity (Wildman–Crippen MR) is 211 cm³/mol. The lowest BCUT2D eigenvalue weighted by molar-refractivity contribution is -0.147. The zero-order valence-corrected chi connectivity index (χ0v) is 32.6. The van der Waals surface area contributed by atoms with E-state index in [0.717, 1.165) is 0 Å². The van der Waals surface area contributed by atoms with E-state index in [1.54, 1.807) is 48.5 Å². The van der Waals surface area contributed by atoms with E-state index in [0.29, 0.717) is 76.1 Å². The molecule has 4 aliphatic rings. The van der Waals surface area contributed by atoms with E-state index in [-0.39, 0.29) is 36.1 Å². The van der Waals surface area contributed by atoms with Crippen molar-refractivity contribution in [3.8, 4) is 0 Å². The van der Waals surface area contributed by atoms with Crippen LogP contribution >= 0.6 is 12.4 Å². The molecule has 15 nitrogen and oxygen atoms in total. The van der Waals surface area contributed by atoms with Gasteiger partial charge in [0.2, 0.25) is 23.6 Å². The van der Waals surface area contributed by atoms with Gasteiger partial charge < -0.3 is 30.7 Å². The molecule has 7 N–H and O–H groups in total. The lowest BCUT2D eigenvalue weighted by Crippen LogP contribution is -2.53. The van der Waals surface area contributed by atoms with Crippen LogP contribution in [0.3, 0.4) is 0 Å². The van der Waals surface area contributed by atoms with Crippen LogP contribution in [0.5, 0.6) is 0 Å². The highest BCUT2D eigenvalue weighted by Crippen LogP contribution is 2.55. The Balaban J connectivity index is 0.00000600. The smallest absolute Gasteiger partial charge is 0.411 e. The van der Waals surface area contributed by atoms with Crippen molar-refractivity contribution < 1.29 is 38.2 Å². The molecule has 56 heavy (non-hydrogen) atoms. The van der Waals surface area contributed by atoms with Crippen molar-refractivity contribution in [2.45, 2.75) is 50.7 Å². The SMILES string of the molecule is CNCCCNC(=O)C1C2CC(OC(=O)Nc3ccccc3)C(C2)C1C(=O)NC(=O)C1C2CC(CC2OC(=O)Nc2ccccc2)C1C(=O)NCCCNC.Cl. The van der Waals surface area contributed by atoms with E-state index < -0.39 is 71.7 Å². The summed E-state index contributed by atoms with van der Waals surface area (Å²) < 4.78 is 11.7. The Kier molecular flexibility index (Phi) is 15.1. The van der Waals surface area contributed by atoms with Crippen LogP contribution in [0.1, 0.15) is 38.5 Å². The second kappa shape index (κ2) is 19.9.